The van der Waals surface area contributed by atoms with Crippen LogP contribution in [0.5, 0.6) is 0 Å². The van der Waals surface area contributed by atoms with Crippen molar-refractivity contribution in [2.75, 3.05) is 0 Å². The van der Waals surface area contributed by atoms with Crippen molar-refractivity contribution in [3.8, 4) is 74.2 Å². The monoisotopic (exact) mass is 744 g/mol. The third-order valence-corrected chi connectivity index (χ3v) is 9.97. The lowest BCUT2D eigenvalue weighted by Crippen LogP contribution is -2.08. The molecule has 0 N–H and O–H groups in total. The van der Waals surface area contributed by atoms with Crippen molar-refractivity contribution in [3.05, 3.63) is 180 Å². The Morgan fingerprint density at radius 3 is 1.70 bits per heavy atom. The van der Waals surface area contributed by atoms with E-state index in [9.17, 15) is 23.7 Å². The van der Waals surface area contributed by atoms with Crippen molar-refractivity contribution in [1.29, 1.82) is 10.5 Å². The smallest absolute Gasteiger partial charge is 0.309 e. The highest BCUT2D eigenvalue weighted by molar-refractivity contribution is 6.11. The number of rotatable bonds is 6. The van der Waals surface area contributed by atoms with Crippen LogP contribution in [0.2, 0.25) is 0 Å². The Balaban J connectivity index is 1.36. The third kappa shape index (κ3) is 6.33. The lowest BCUT2D eigenvalue weighted by molar-refractivity contribution is -0.137. The van der Waals surface area contributed by atoms with Gasteiger partial charge in [-0.1, -0.05) is 127 Å². The molecular weight excluding hydrogens is 718 g/mol. The Labute approximate surface area is 325 Å². The third-order valence-electron chi connectivity index (χ3n) is 9.97. The van der Waals surface area contributed by atoms with Crippen LogP contribution in [-0.4, -0.2) is 19.5 Å². The van der Waals surface area contributed by atoms with Gasteiger partial charge in [0.25, 0.3) is 0 Å². The normalized spacial score (nSPS) is 11.4. The SMILES string of the molecule is N#Cc1ccc(-c2ccc3c4ccccc4n(-c4cc(-c5nc(-c6ccccc6)nc(-c6ccccc6)n5)ccc4-c4ccccc4C(F)(F)F)c3c2)c(C#N)c1. The van der Waals surface area contributed by atoms with Gasteiger partial charge in [-0.3, -0.25) is 0 Å². The molecule has 0 amide bonds. The number of halogens is 3. The van der Waals surface area contributed by atoms with E-state index < -0.39 is 11.7 Å². The minimum Gasteiger partial charge on any atom is -0.309 e. The van der Waals surface area contributed by atoms with Gasteiger partial charge in [0.2, 0.25) is 0 Å². The van der Waals surface area contributed by atoms with Crippen LogP contribution in [0, 0.1) is 22.7 Å². The Morgan fingerprint density at radius 2 is 1.04 bits per heavy atom. The number of aromatic nitrogens is 4. The minimum atomic E-state index is -4.63. The molecule has 0 saturated heterocycles. The van der Waals surface area contributed by atoms with Crippen molar-refractivity contribution in [2.45, 2.75) is 6.18 Å². The Morgan fingerprint density at radius 1 is 0.456 bits per heavy atom. The maximum atomic E-state index is 14.8. The van der Waals surface area contributed by atoms with Gasteiger partial charge in [-0.05, 0) is 53.1 Å². The summed E-state index contributed by atoms with van der Waals surface area (Å²) >= 11 is 0. The van der Waals surface area contributed by atoms with Gasteiger partial charge in [0.05, 0.1) is 45.5 Å². The molecule has 270 valence electrons. The van der Waals surface area contributed by atoms with E-state index in [0.29, 0.717) is 62.1 Å². The first kappa shape index (κ1) is 34.9. The highest BCUT2D eigenvalue weighted by Crippen LogP contribution is 2.43. The van der Waals surface area contributed by atoms with E-state index in [4.69, 9.17) is 15.0 Å². The zero-order chi connectivity index (χ0) is 39.1. The predicted octanol–water partition coefficient (Wildman–Crippen LogP) is 12.1. The summed E-state index contributed by atoms with van der Waals surface area (Å²) in [6.45, 7) is 0. The summed E-state index contributed by atoms with van der Waals surface area (Å²) in [5.74, 6) is 1.24. The first-order chi connectivity index (χ1) is 27.8. The molecule has 0 aliphatic carbocycles. The van der Waals surface area contributed by atoms with E-state index in [0.717, 1.165) is 33.5 Å². The molecule has 9 heteroatoms. The van der Waals surface area contributed by atoms with Crippen molar-refractivity contribution in [3.63, 3.8) is 0 Å². The summed E-state index contributed by atoms with van der Waals surface area (Å²) in [5, 5.41) is 21.3. The maximum Gasteiger partial charge on any atom is 0.417 e. The standard InChI is InChI=1S/C48H27F3N6/c49-48(50,51)41-17-9-7-15-37(41)39-24-21-34(47-55-45(31-11-3-1-4-12-31)54-46(56-47)32-13-5-2-6-14-32)27-44(39)57-42-18-10-8-16-38(42)40-23-20-33(26-43(40)57)36-22-19-30(28-52)25-35(36)29-53/h1-27H. The van der Waals surface area contributed by atoms with Gasteiger partial charge in [-0.25, -0.2) is 15.0 Å². The van der Waals surface area contributed by atoms with Crippen molar-refractivity contribution in [1.82, 2.24) is 19.5 Å². The fourth-order valence-corrected chi connectivity index (χ4v) is 7.34. The number of fused-ring (bicyclic) bond motifs is 3. The highest BCUT2D eigenvalue weighted by atomic mass is 19.4. The van der Waals surface area contributed by atoms with Crippen LogP contribution in [0.15, 0.2) is 164 Å². The molecule has 0 bridgehead atoms. The number of nitriles is 2. The zero-order valence-electron chi connectivity index (χ0n) is 29.9. The Hall–Kier alpha value is -7.88. The van der Waals surface area contributed by atoms with E-state index in [1.165, 1.54) is 12.1 Å². The molecule has 0 aliphatic heterocycles. The molecule has 0 saturated carbocycles. The van der Waals surface area contributed by atoms with Gasteiger partial charge >= 0.3 is 6.18 Å². The molecule has 0 fully saturated rings. The van der Waals surface area contributed by atoms with Crippen molar-refractivity contribution >= 4 is 21.8 Å². The second kappa shape index (κ2) is 14.1. The summed E-state index contributed by atoms with van der Waals surface area (Å²) in [4.78, 5) is 14.7. The van der Waals surface area contributed by atoms with Crippen LogP contribution in [0.25, 0.3) is 83.9 Å². The molecule has 7 aromatic carbocycles. The Kier molecular flexibility index (Phi) is 8.61. The molecule has 9 rings (SSSR count). The van der Waals surface area contributed by atoms with E-state index >= 15 is 0 Å². The summed E-state index contributed by atoms with van der Waals surface area (Å²) < 4.78 is 46.2. The van der Waals surface area contributed by atoms with Crippen LogP contribution < -0.4 is 0 Å². The van der Waals surface area contributed by atoms with Crippen LogP contribution in [0.1, 0.15) is 16.7 Å². The number of alkyl halides is 3. The quantitative estimate of drug-likeness (QED) is 0.169. The first-order valence-corrected chi connectivity index (χ1v) is 18.0. The lowest BCUT2D eigenvalue weighted by Gasteiger charge is -2.19. The van der Waals surface area contributed by atoms with Crippen LogP contribution in [0.4, 0.5) is 13.2 Å². The maximum absolute atomic E-state index is 14.8. The summed E-state index contributed by atoms with van der Waals surface area (Å²) in [7, 11) is 0. The fourth-order valence-electron chi connectivity index (χ4n) is 7.34. The van der Waals surface area contributed by atoms with Crippen LogP contribution >= 0.6 is 0 Å². The van der Waals surface area contributed by atoms with Crippen LogP contribution in [-0.2, 0) is 6.18 Å². The zero-order valence-corrected chi connectivity index (χ0v) is 29.9. The summed E-state index contributed by atoms with van der Waals surface area (Å²) in [5.41, 5.74) is 5.67. The minimum absolute atomic E-state index is 0.0121. The molecule has 6 nitrogen and oxygen atoms in total. The largest absolute Gasteiger partial charge is 0.417 e. The van der Waals surface area contributed by atoms with E-state index in [2.05, 4.69) is 12.1 Å². The number of benzene rings is 7. The molecule has 0 unspecified atom stereocenters. The second-order valence-corrected chi connectivity index (χ2v) is 13.4. The lowest BCUT2D eigenvalue weighted by atomic mass is 9.95. The van der Waals surface area contributed by atoms with Gasteiger partial charge < -0.3 is 4.57 Å². The van der Waals surface area contributed by atoms with Crippen molar-refractivity contribution < 1.29 is 13.2 Å². The second-order valence-electron chi connectivity index (χ2n) is 13.4. The number of para-hydroxylation sites is 1. The van der Waals surface area contributed by atoms with Crippen molar-refractivity contribution in [2.24, 2.45) is 0 Å². The molecule has 57 heavy (non-hydrogen) atoms. The molecular formula is C48H27F3N6. The van der Waals surface area contributed by atoms with E-state index in [1.807, 2.05) is 114 Å². The fraction of sp³-hybridized carbons (Fsp3) is 0.0208. The molecule has 2 heterocycles. The van der Waals surface area contributed by atoms with E-state index in [1.54, 1.807) is 36.4 Å². The molecule has 0 atom stereocenters. The van der Waals surface area contributed by atoms with Crippen LogP contribution in [0.3, 0.4) is 0 Å². The average Bonchev–Trinajstić information content (AvgIpc) is 3.59. The van der Waals surface area contributed by atoms with E-state index in [-0.39, 0.29) is 5.56 Å². The molecule has 0 radical (unpaired) electrons. The van der Waals surface area contributed by atoms with Gasteiger partial charge in [0.1, 0.15) is 0 Å². The van der Waals surface area contributed by atoms with Gasteiger partial charge in [-0.2, -0.15) is 23.7 Å². The number of hydrogen-bond acceptors (Lipinski definition) is 5. The molecule has 0 aliphatic rings. The summed E-state index contributed by atoms with van der Waals surface area (Å²) in [6.07, 6.45) is -4.63. The molecule has 9 aromatic rings. The number of nitrogens with zero attached hydrogens (tertiary/aromatic N) is 6. The summed E-state index contributed by atoms with van der Waals surface area (Å²) in [6, 6.07) is 52.7. The topological polar surface area (TPSA) is 91.2 Å². The van der Waals surface area contributed by atoms with Gasteiger partial charge in [0.15, 0.2) is 17.5 Å². The van der Waals surface area contributed by atoms with Gasteiger partial charge in [0, 0.05) is 33.0 Å². The Bertz CT molecular complexity index is 3030. The molecule has 0 spiro atoms. The predicted molar refractivity (Wildman–Crippen MR) is 216 cm³/mol. The average molecular weight is 745 g/mol. The van der Waals surface area contributed by atoms with Gasteiger partial charge in [-0.15, -0.1) is 0 Å². The molecule has 2 aromatic heterocycles. The first-order valence-electron chi connectivity index (χ1n) is 18.0. The number of hydrogen-bond donors (Lipinski definition) is 0. The highest BCUT2D eigenvalue weighted by Gasteiger charge is 2.34.